The molecule has 0 saturated carbocycles. The molecule has 0 unspecified atom stereocenters. The fraction of sp³-hybridized carbons (Fsp3) is 0. The van der Waals surface area contributed by atoms with E-state index in [9.17, 15) is 25.9 Å². The minimum atomic E-state index is -4.99. The van der Waals surface area contributed by atoms with Gasteiger partial charge in [0.25, 0.3) is 0 Å². The summed E-state index contributed by atoms with van der Waals surface area (Å²) in [5.74, 6) is 0. The molecule has 12 nitrogen and oxygen atoms in total. The van der Waals surface area contributed by atoms with Crippen LogP contribution in [0.25, 0.3) is 46.0 Å². The molecule has 6 rings (SSSR count). The van der Waals surface area contributed by atoms with Crippen LogP contribution in [0.3, 0.4) is 0 Å². The molecule has 0 aliphatic rings. The van der Waals surface area contributed by atoms with E-state index < -0.39 is 30.0 Å². The number of hydrogen-bond donors (Lipinski definition) is 0. The minimum absolute atomic E-state index is 0. The van der Waals surface area contributed by atoms with Gasteiger partial charge in [0.2, 0.25) is 0 Å². The van der Waals surface area contributed by atoms with Gasteiger partial charge in [0.05, 0.1) is 33.6 Å². The predicted octanol–water partition coefficient (Wildman–Crippen LogP) is -1.83. The van der Waals surface area contributed by atoms with Gasteiger partial charge < -0.3 is 9.11 Å². The Bertz CT molecular complexity index is 2080. The molecule has 4 aromatic carbocycles. The average molecular weight is 687 g/mol. The Hall–Kier alpha value is -2.64. The summed E-state index contributed by atoms with van der Waals surface area (Å²) in [4.78, 5) is 1.22. The van der Waals surface area contributed by atoms with E-state index in [0.29, 0.717) is 11.4 Å². The van der Waals surface area contributed by atoms with Gasteiger partial charge in [0.15, 0.2) is 0 Å². The molecule has 6 aromatic rings. The van der Waals surface area contributed by atoms with E-state index >= 15 is 0 Å². The molecule has 0 aliphatic heterocycles. The molecule has 0 fully saturated rings. The second-order valence-corrected chi connectivity index (χ2v) is 12.2. The second kappa shape index (κ2) is 15.1. The number of aromatic nitrogens is 6. The van der Waals surface area contributed by atoms with Crippen LogP contribution in [0.4, 0.5) is 0 Å². The largest absolute Gasteiger partial charge is 1.00 e. The molecule has 16 heteroatoms. The molecule has 0 radical (unpaired) electrons. The van der Waals surface area contributed by atoms with Gasteiger partial charge in [-0.2, -0.15) is 19.8 Å². The Morgan fingerprint density at radius 1 is 0.565 bits per heavy atom. The normalized spacial score (nSPS) is 11.6. The molecule has 2 heterocycles. The maximum absolute atomic E-state index is 12.2. The molecule has 46 heavy (non-hydrogen) atoms. The van der Waals surface area contributed by atoms with Crippen LogP contribution in [0.2, 0.25) is 0 Å². The molecule has 0 amide bonds. The van der Waals surface area contributed by atoms with Crippen molar-refractivity contribution in [1.29, 1.82) is 0 Å². The van der Waals surface area contributed by atoms with E-state index in [4.69, 9.17) is 0 Å². The summed E-state index contributed by atoms with van der Waals surface area (Å²) in [6, 6.07) is 26.4. The first kappa shape index (κ1) is 36.2. The van der Waals surface area contributed by atoms with E-state index in [2.05, 4.69) is 20.4 Å². The number of nitrogens with zero attached hydrogens (tertiary/aromatic N) is 6. The Morgan fingerprint density at radius 2 is 0.935 bits per heavy atom. The van der Waals surface area contributed by atoms with Crippen LogP contribution >= 0.6 is 0 Å². The van der Waals surface area contributed by atoms with E-state index in [0.717, 1.165) is 23.3 Å². The Kier molecular flexibility index (Phi) is 11.9. The topological polar surface area (TPSA) is 176 Å². The van der Waals surface area contributed by atoms with Crippen molar-refractivity contribution in [3.05, 3.63) is 121 Å². The molecular formula is C30H20KN6NaO6S2. The SMILES string of the molecule is O=S(=O)([O-])c1cc(-n2ncc(-c3ccccc3)n2)ccc1C=Cc1ccc(-n2ncc(-c3ccccc3)n2)cc1S(=O)(=O)[O-].[K+].[Na+]. The van der Waals surface area contributed by atoms with Gasteiger partial charge in [-0.05, 0) is 35.4 Å². The van der Waals surface area contributed by atoms with Gasteiger partial charge in [-0.15, -0.1) is 10.2 Å². The summed E-state index contributed by atoms with van der Waals surface area (Å²) in [5.41, 5.74) is 3.04. The third-order valence-corrected chi connectivity index (χ3v) is 8.34. The first-order valence-electron chi connectivity index (χ1n) is 12.9. The van der Waals surface area contributed by atoms with Crippen molar-refractivity contribution < 1.29 is 107 Å². The van der Waals surface area contributed by atoms with Crippen molar-refractivity contribution in [1.82, 2.24) is 30.0 Å². The average Bonchev–Trinajstić information content (AvgIpc) is 3.71. The zero-order valence-corrected chi connectivity index (χ0v) is 31.3. The van der Waals surface area contributed by atoms with Crippen LogP contribution in [-0.4, -0.2) is 55.9 Å². The van der Waals surface area contributed by atoms with Gasteiger partial charge in [0, 0.05) is 11.1 Å². The second-order valence-electron chi connectivity index (χ2n) is 9.46. The van der Waals surface area contributed by atoms with E-state index in [1.807, 2.05) is 60.7 Å². The van der Waals surface area contributed by atoms with Gasteiger partial charge in [-0.3, -0.25) is 0 Å². The van der Waals surface area contributed by atoms with E-state index in [-0.39, 0.29) is 103 Å². The standard InChI is InChI=1S/C30H22N6O6S2.K.Na/c37-43(38,39)29-17-25(35-31-19-27(33-35)21-7-3-1-4-8-21)15-13-23(29)11-12-24-14-16-26(18-30(24)44(40,41)42)36-32-20-28(34-36)22-9-5-2-6-10-22;;/h1-20H,(H,37,38,39)(H,40,41,42);;/q;2*+1/p-2. The maximum Gasteiger partial charge on any atom is 1.00 e. The Morgan fingerprint density at radius 3 is 1.28 bits per heavy atom. The van der Waals surface area contributed by atoms with Crippen LogP contribution in [0, 0.1) is 0 Å². The molecular weight excluding hydrogens is 667 g/mol. The summed E-state index contributed by atoms with van der Waals surface area (Å²) >= 11 is 0. The summed E-state index contributed by atoms with van der Waals surface area (Å²) in [5, 5.41) is 17.1. The van der Waals surface area contributed by atoms with Crippen molar-refractivity contribution in [2.24, 2.45) is 0 Å². The zero-order valence-electron chi connectivity index (χ0n) is 24.5. The van der Waals surface area contributed by atoms with Crippen molar-refractivity contribution in [2.45, 2.75) is 9.79 Å². The van der Waals surface area contributed by atoms with Crippen molar-refractivity contribution in [3.63, 3.8) is 0 Å². The molecule has 220 valence electrons. The quantitative estimate of drug-likeness (QED) is 0.101. The van der Waals surface area contributed by atoms with Crippen LogP contribution in [-0.2, 0) is 20.2 Å². The Balaban J connectivity index is 0.00000240. The van der Waals surface area contributed by atoms with Crippen molar-refractivity contribution >= 4 is 32.4 Å². The smallest absolute Gasteiger partial charge is 0.744 e. The molecule has 2 aromatic heterocycles. The monoisotopic (exact) mass is 686 g/mol. The van der Waals surface area contributed by atoms with Crippen LogP contribution in [0.15, 0.2) is 119 Å². The molecule has 0 saturated heterocycles. The van der Waals surface area contributed by atoms with Crippen molar-refractivity contribution in [2.75, 3.05) is 0 Å². The number of rotatable bonds is 8. The van der Waals surface area contributed by atoms with Crippen molar-refractivity contribution in [3.8, 4) is 33.9 Å². The first-order valence-corrected chi connectivity index (χ1v) is 15.7. The van der Waals surface area contributed by atoms with E-state index in [1.54, 1.807) is 0 Å². The number of hydrogen-bond acceptors (Lipinski definition) is 10. The molecule has 0 bridgehead atoms. The van der Waals surface area contributed by atoms with Gasteiger partial charge in [-0.25, -0.2) is 16.8 Å². The zero-order chi connectivity index (χ0) is 30.9. The summed E-state index contributed by atoms with van der Waals surface area (Å²) in [6.07, 6.45) is 5.49. The predicted molar refractivity (Wildman–Crippen MR) is 158 cm³/mol. The molecule has 0 spiro atoms. The van der Waals surface area contributed by atoms with Crippen LogP contribution < -0.4 is 80.9 Å². The molecule has 0 N–H and O–H groups in total. The summed E-state index contributed by atoms with van der Waals surface area (Å²) in [7, 11) is -9.97. The third kappa shape index (κ3) is 8.25. The van der Waals surface area contributed by atoms with E-state index in [1.165, 1.54) is 58.4 Å². The van der Waals surface area contributed by atoms with Gasteiger partial charge in [-0.1, -0.05) is 84.9 Å². The van der Waals surface area contributed by atoms with Crippen LogP contribution in [0.5, 0.6) is 0 Å². The fourth-order valence-electron chi connectivity index (χ4n) is 4.44. The van der Waals surface area contributed by atoms with Gasteiger partial charge in [0.1, 0.15) is 31.6 Å². The fourth-order valence-corrected chi connectivity index (χ4v) is 5.82. The summed E-state index contributed by atoms with van der Waals surface area (Å²) in [6.45, 7) is 0. The molecule has 0 aliphatic carbocycles. The summed E-state index contributed by atoms with van der Waals surface area (Å²) < 4.78 is 73.2. The maximum atomic E-state index is 12.2. The minimum Gasteiger partial charge on any atom is -0.744 e. The van der Waals surface area contributed by atoms with Gasteiger partial charge >= 0.3 is 80.9 Å². The first-order chi connectivity index (χ1) is 21.1. The van der Waals surface area contributed by atoms with Crippen LogP contribution in [0.1, 0.15) is 11.1 Å². The molecule has 0 atom stereocenters. The Labute approximate surface area is 329 Å². The third-order valence-electron chi connectivity index (χ3n) is 6.56. The number of benzene rings is 4.